The number of hydrogen-bond donors (Lipinski definition) is 0. The summed E-state index contributed by atoms with van der Waals surface area (Å²) in [5.74, 6) is 0. The van der Waals surface area contributed by atoms with E-state index in [2.05, 4.69) is 31.2 Å². The molecule has 0 aromatic heterocycles. The summed E-state index contributed by atoms with van der Waals surface area (Å²) < 4.78 is 32.0. The highest BCUT2D eigenvalue weighted by Gasteiger charge is 2.56. The fourth-order valence-corrected chi connectivity index (χ4v) is 5.67. The Hall–Kier alpha value is -2.19. The van der Waals surface area contributed by atoms with Gasteiger partial charge in [0, 0.05) is 16.0 Å². The maximum absolute atomic E-state index is 6.51. The first-order chi connectivity index (χ1) is 16.2. The minimum absolute atomic E-state index is 0.229. The summed E-state index contributed by atoms with van der Waals surface area (Å²) >= 11 is 1.66. The molecule has 33 heavy (non-hydrogen) atoms. The van der Waals surface area contributed by atoms with Crippen LogP contribution in [-0.4, -0.2) is 36.5 Å². The molecular formula is C27H26O5S. The van der Waals surface area contributed by atoms with Gasteiger partial charge in [-0.25, -0.2) is 0 Å². The average molecular weight is 463 g/mol. The highest BCUT2D eigenvalue weighted by Crippen LogP contribution is 2.46. The van der Waals surface area contributed by atoms with E-state index in [-0.39, 0.29) is 29.9 Å². The largest absolute Gasteiger partial charge is 0.356 e. The fourth-order valence-electron chi connectivity index (χ4n) is 4.56. The number of ether oxygens (including phenoxy) is 5. The third-order valence-electron chi connectivity index (χ3n) is 6.26. The van der Waals surface area contributed by atoms with Gasteiger partial charge in [0.05, 0.1) is 6.61 Å². The first-order valence-electron chi connectivity index (χ1n) is 11.3. The van der Waals surface area contributed by atoms with Gasteiger partial charge in [-0.1, -0.05) is 90.1 Å². The van der Waals surface area contributed by atoms with Crippen LogP contribution in [0.5, 0.6) is 0 Å². The van der Waals surface area contributed by atoms with Crippen LogP contribution in [0.3, 0.4) is 0 Å². The number of thioether (sulfide) groups is 1. The molecule has 0 aliphatic carbocycles. The van der Waals surface area contributed by atoms with Crippen LogP contribution in [0.4, 0.5) is 0 Å². The molecular weight excluding hydrogens is 436 g/mol. The van der Waals surface area contributed by atoms with E-state index < -0.39 is 12.6 Å². The Morgan fingerprint density at radius 3 is 1.94 bits per heavy atom. The predicted octanol–water partition coefficient (Wildman–Crippen LogP) is 5.41. The Bertz CT molecular complexity index is 1060. The standard InChI is InChI=1S/C27H26O5S/c1-17-12-14-20(15-13-17)33-27-24-23(31-26(32-24)19-10-6-3-7-11-19)22-21(29-27)16-28-25(30-22)18-8-4-2-5-9-18/h2-15,21-27H,16H2,1H3/t21-,22-,23+,24+,25-,26+,27-/m1/s1. The second-order valence-electron chi connectivity index (χ2n) is 8.59. The molecule has 7 atom stereocenters. The van der Waals surface area contributed by atoms with Crippen molar-refractivity contribution in [1.82, 2.24) is 0 Å². The molecule has 0 amide bonds. The van der Waals surface area contributed by atoms with Gasteiger partial charge in [-0.05, 0) is 19.1 Å². The third-order valence-corrected chi connectivity index (χ3v) is 7.42. The zero-order chi connectivity index (χ0) is 22.2. The van der Waals surface area contributed by atoms with Crippen molar-refractivity contribution >= 4 is 11.8 Å². The molecule has 170 valence electrons. The topological polar surface area (TPSA) is 46.2 Å². The summed E-state index contributed by atoms with van der Waals surface area (Å²) in [5, 5.41) is 0. The van der Waals surface area contributed by atoms with Gasteiger partial charge in [0.2, 0.25) is 0 Å². The van der Waals surface area contributed by atoms with E-state index in [9.17, 15) is 0 Å². The molecule has 0 radical (unpaired) electrons. The average Bonchev–Trinajstić information content (AvgIpc) is 3.33. The van der Waals surface area contributed by atoms with Gasteiger partial charge in [0.25, 0.3) is 0 Å². The molecule has 3 fully saturated rings. The van der Waals surface area contributed by atoms with Crippen LogP contribution in [0.15, 0.2) is 89.8 Å². The minimum Gasteiger partial charge on any atom is -0.356 e. The second kappa shape index (κ2) is 9.22. The van der Waals surface area contributed by atoms with Crippen LogP contribution >= 0.6 is 11.8 Å². The number of hydrogen-bond acceptors (Lipinski definition) is 6. The number of fused-ring (bicyclic) bond motifs is 3. The van der Waals surface area contributed by atoms with Crippen LogP contribution in [0, 0.1) is 6.92 Å². The molecule has 0 bridgehead atoms. The molecule has 3 aromatic carbocycles. The summed E-state index contributed by atoms with van der Waals surface area (Å²) in [6, 6.07) is 28.5. The third kappa shape index (κ3) is 4.35. The fraction of sp³-hybridized carbons (Fsp3) is 0.333. The van der Waals surface area contributed by atoms with Gasteiger partial charge < -0.3 is 23.7 Å². The van der Waals surface area contributed by atoms with Gasteiger partial charge in [-0.2, -0.15) is 0 Å². The van der Waals surface area contributed by atoms with Gasteiger partial charge in [0.15, 0.2) is 12.6 Å². The van der Waals surface area contributed by atoms with E-state index in [1.807, 2.05) is 60.7 Å². The first-order valence-corrected chi connectivity index (χ1v) is 12.2. The summed E-state index contributed by atoms with van der Waals surface area (Å²) in [6.07, 6.45) is -1.93. The van der Waals surface area contributed by atoms with E-state index in [1.165, 1.54) is 5.56 Å². The van der Waals surface area contributed by atoms with Crippen molar-refractivity contribution in [3.05, 3.63) is 102 Å². The summed E-state index contributed by atoms with van der Waals surface area (Å²) in [4.78, 5) is 1.13. The Labute approximate surface area is 198 Å². The lowest BCUT2D eigenvalue weighted by molar-refractivity contribution is -0.306. The van der Waals surface area contributed by atoms with Gasteiger partial charge in [-0.15, -0.1) is 0 Å². The van der Waals surface area contributed by atoms with Crippen LogP contribution < -0.4 is 0 Å². The van der Waals surface area contributed by atoms with Gasteiger partial charge in [0.1, 0.15) is 29.9 Å². The predicted molar refractivity (Wildman–Crippen MR) is 125 cm³/mol. The maximum Gasteiger partial charge on any atom is 0.185 e. The molecule has 3 aliphatic heterocycles. The van der Waals surface area contributed by atoms with E-state index >= 15 is 0 Å². The lowest BCUT2D eigenvalue weighted by Gasteiger charge is -2.46. The normalized spacial score (nSPS) is 33.3. The number of rotatable bonds is 4. The number of aryl methyl sites for hydroxylation is 1. The molecule has 3 heterocycles. The number of benzene rings is 3. The molecule has 3 aliphatic rings. The monoisotopic (exact) mass is 462 g/mol. The minimum atomic E-state index is -0.453. The molecule has 0 N–H and O–H groups in total. The van der Waals surface area contributed by atoms with E-state index in [0.29, 0.717) is 6.61 Å². The summed E-state index contributed by atoms with van der Waals surface area (Å²) in [5.41, 5.74) is 2.98. The van der Waals surface area contributed by atoms with E-state index in [1.54, 1.807) is 11.8 Å². The van der Waals surface area contributed by atoms with Crippen molar-refractivity contribution in [3.8, 4) is 0 Å². The summed E-state index contributed by atoms with van der Waals surface area (Å²) in [7, 11) is 0. The van der Waals surface area contributed by atoms with Crippen molar-refractivity contribution in [3.63, 3.8) is 0 Å². The zero-order valence-corrected chi connectivity index (χ0v) is 19.1. The zero-order valence-electron chi connectivity index (χ0n) is 18.3. The maximum atomic E-state index is 6.51. The highest BCUT2D eigenvalue weighted by atomic mass is 32.2. The SMILES string of the molecule is Cc1ccc(S[C@H]2O[C@@H]3CO[C@@H](c4ccccc4)O[C@H]3[C@@H]3O[C@H](c4ccccc4)O[C@@H]32)cc1. The molecule has 6 heteroatoms. The summed E-state index contributed by atoms with van der Waals surface area (Å²) in [6.45, 7) is 2.53. The van der Waals surface area contributed by atoms with Gasteiger partial charge in [-0.3, -0.25) is 0 Å². The Morgan fingerprint density at radius 1 is 0.636 bits per heavy atom. The van der Waals surface area contributed by atoms with E-state index in [0.717, 1.165) is 16.0 Å². The Kier molecular flexibility index (Phi) is 5.96. The van der Waals surface area contributed by atoms with Crippen LogP contribution in [0.25, 0.3) is 0 Å². The molecule has 0 saturated carbocycles. The molecule has 0 unspecified atom stereocenters. The second-order valence-corrected chi connectivity index (χ2v) is 9.77. The Morgan fingerprint density at radius 2 is 1.24 bits per heavy atom. The Balaban J connectivity index is 1.27. The van der Waals surface area contributed by atoms with Crippen LogP contribution in [0.1, 0.15) is 29.3 Å². The lowest BCUT2D eigenvalue weighted by atomic mass is 9.99. The first kappa shape index (κ1) is 21.4. The quantitative estimate of drug-likeness (QED) is 0.517. The van der Waals surface area contributed by atoms with E-state index in [4.69, 9.17) is 23.7 Å². The molecule has 5 nitrogen and oxygen atoms in total. The molecule has 3 saturated heterocycles. The van der Waals surface area contributed by atoms with Crippen molar-refractivity contribution in [1.29, 1.82) is 0 Å². The van der Waals surface area contributed by atoms with Crippen molar-refractivity contribution < 1.29 is 23.7 Å². The lowest BCUT2D eigenvalue weighted by Crippen LogP contribution is -2.59. The van der Waals surface area contributed by atoms with Crippen molar-refractivity contribution in [2.75, 3.05) is 6.61 Å². The van der Waals surface area contributed by atoms with Crippen molar-refractivity contribution in [2.24, 2.45) is 0 Å². The molecule has 6 rings (SSSR count). The van der Waals surface area contributed by atoms with Crippen molar-refractivity contribution in [2.45, 2.75) is 54.3 Å². The molecule has 0 spiro atoms. The smallest absolute Gasteiger partial charge is 0.185 e. The van der Waals surface area contributed by atoms with Gasteiger partial charge >= 0.3 is 0 Å². The van der Waals surface area contributed by atoms with Crippen LogP contribution in [0.2, 0.25) is 0 Å². The molecule has 3 aromatic rings. The highest BCUT2D eigenvalue weighted by molar-refractivity contribution is 7.99. The van der Waals surface area contributed by atoms with Crippen LogP contribution in [-0.2, 0) is 23.7 Å².